The number of fused-ring (bicyclic) bond motifs is 1. The topological polar surface area (TPSA) is 79.9 Å². The molecule has 0 spiro atoms. The Morgan fingerprint density at radius 3 is 2.55 bits per heavy atom. The van der Waals surface area contributed by atoms with Crippen LogP contribution in [0.25, 0.3) is 22.5 Å². The van der Waals surface area contributed by atoms with E-state index in [-0.39, 0.29) is 16.7 Å². The lowest BCUT2D eigenvalue weighted by Crippen LogP contribution is -2.23. The van der Waals surface area contributed by atoms with Gasteiger partial charge in [0.1, 0.15) is 12.4 Å². The molecule has 0 bridgehead atoms. The van der Waals surface area contributed by atoms with E-state index in [0.29, 0.717) is 22.7 Å². The number of amides is 1. The van der Waals surface area contributed by atoms with Crippen molar-refractivity contribution in [1.29, 1.82) is 0 Å². The summed E-state index contributed by atoms with van der Waals surface area (Å²) in [5, 5.41) is 10.1. The van der Waals surface area contributed by atoms with Gasteiger partial charge in [0.2, 0.25) is 0 Å². The van der Waals surface area contributed by atoms with Crippen molar-refractivity contribution in [1.82, 2.24) is 20.5 Å². The standard InChI is InChI=1S/C22H17F3N4O2/c1-26-21(30)16-8-7-15(14-9-10-27-20-17(14)11-28-29-20)19(22(23,24)25)18(16)12-31-13-5-3-2-4-6-13/h2-11H,12H2,1H3,(H,26,30)(H,27,28,29). The van der Waals surface area contributed by atoms with Gasteiger partial charge in [-0.15, -0.1) is 5.10 Å². The number of alkyl halides is 3. The van der Waals surface area contributed by atoms with Crippen molar-refractivity contribution in [3.8, 4) is 28.3 Å². The van der Waals surface area contributed by atoms with Gasteiger partial charge in [0, 0.05) is 29.9 Å². The molecule has 2 aliphatic rings. The van der Waals surface area contributed by atoms with Crippen LogP contribution in [0.3, 0.4) is 0 Å². The summed E-state index contributed by atoms with van der Waals surface area (Å²) in [5.74, 6) is 0.125. The van der Waals surface area contributed by atoms with Gasteiger partial charge in [-0.1, -0.05) is 24.3 Å². The van der Waals surface area contributed by atoms with Gasteiger partial charge < -0.3 is 15.0 Å². The lowest BCUT2D eigenvalue weighted by atomic mass is 9.89. The summed E-state index contributed by atoms with van der Waals surface area (Å²) in [6.07, 6.45) is -1.85. The Morgan fingerprint density at radius 2 is 1.84 bits per heavy atom. The number of hydrogen-bond donors (Lipinski definition) is 2. The molecule has 2 aromatic carbocycles. The van der Waals surface area contributed by atoms with E-state index >= 15 is 0 Å². The van der Waals surface area contributed by atoms with Crippen LogP contribution < -0.4 is 10.1 Å². The van der Waals surface area contributed by atoms with E-state index in [9.17, 15) is 18.0 Å². The molecule has 4 rings (SSSR count). The molecule has 2 aliphatic heterocycles. The van der Waals surface area contributed by atoms with E-state index in [1.54, 1.807) is 30.3 Å². The zero-order valence-electron chi connectivity index (χ0n) is 16.3. The van der Waals surface area contributed by atoms with Crippen LogP contribution in [-0.2, 0) is 12.8 Å². The number of rotatable bonds is 5. The minimum Gasteiger partial charge on any atom is -0.489 e. The first-order valence-electron chi connectivity index (χ1n) is 9.32. The highest BCUT2D eigenvalue weighted by Gasteiger charge is 2.39. The van der Waals surface area contributed by atoms with Crippen LogP contribution in [0.5, 0.6) is 5.75 Å². The number of nitrogens with zero attached hydrogens (tertiary/aromatic N) is 2. The van der Waals surface area contributed by atoms with Crippen LogP contribution in [0.1, 0.15) is 21.5 Å². The number of H-pyrrole nitrogens is 1. The van der Waals surface area contributed by atoms with Crippen molar-refractivity contribution >= 4 is 5.91 Å². The maximum Gasteiger partial charge on any atom is 0.417 e. The van der Waals surface area contributed by atoms with Crippen molar-refractivity contribution in [3.63, 3.8) is 0 Å². The van der Waals surface area contributed by atoms with Gasteiger partial charge in [-0.05, 0) is 35.4 Å². The van der Waals surface area contributed by atoms with Crippen molar-refractivity contribution < 1.29 is 22.7 Å². The smallest absolute Gasteiger partial charge is 0.417 e. The second-order valence-corrected chi connectivity index (χ2v) is 6.69. The Morgan fingerprint density at radius 1 is 1.06 bits per heavy atom. The molecule has 158 valence electrons. The fraction of sp³-hybridized carbons (Fsp3) is 0.136. The maximum absolute atomic E-state index is 14.4. The normalized spacial score (nSPS) is 11.5. The fourth-order valence-corrected chi connectivity index (χ4v) is 3.46. The largest absolute Gasteiger partial charge is 0.489 e. The number of carbonyl (C=O) groups excluding carboxylic acids is 1. The summed E-state index contributed by atoms with van der Waals surface area (Å²) in [5.41, 5.74) is -0.626. The Hall–Kier alpha value is -3.88. The second-order valence-electron chi connectivity index (χ2n) is 6.69. The Labute approximate surface area is 175 Å². The van der Waals surface area contributed by atoms with E-state index in [4.69, 9.17) is 4.74 Å². The summed E-state index contributed by atoms with van der Waals surface area (Å²) >= 11 is 0. The molecule has 0 radical (unpaired) electrons. The third-order valence-electron chi connectivity index (χ3n) is 4.84. The SMILES string of the molecule is CNC(=O)c1ccc(-c2cc[nH]c3nncc2-3)c(C(F)(F)F)c1COc1ccccc1. The summed E-state index contributed by atoms with van der Waals surface area (Å²) in [6, 6.07) is 12.6. The number of nitrogens with one attached hydrogen (secondary N) is 2. The van der Waals surface area contributed by atoms with Gasteiger partial charge >= 0.3 is 6.18 Å². The second kappa shape index (κ2) is 8.10. The predicted octanol–water partition coefficient (Wildman–Crippen LogP) is 4.53. The van der Waals surface area contributed by atoms with Crippen molar-refractivity contribution in [2.75, 3.05) is 7.05 Å². The highest BCUT2D eigenvalue weighted by molar-refractivity contribution is 5.97. The number of para-hydroxylation sites is 1. The predicted molar refractivity (Wildman–Crippen MR) is 108 cm³/mol. The minimum absolute atomic E-state index is 0.0828. The molecule has 31 heavy (non-hydrogen) atoms. The first-order valence-corrected chi connectivity index (χ1v) is 9.32. The highest BCUT2D eigenvalue weighted by Crippen LogP contribution is 2.43. The first-order chi connectivity index (χ1) is 14.9. The number of pyridine rings is 1. The third kappa shape index (κ3) is 3.94. The molecule has 2 heterocycles. The van der Waals surface area contributed by atoms with Gasteiger partial charge in [-0.25, -0.2) is 0 Å². The quantitative estimate of drug-likeness (QED) is 0.491. The molecule has 0 atom stereocenters. The molecule has 0 fully saturated rings. The lowest BCUT2D eigenvalue weighted by molar-refractivity contribution is -0.138. The Kier molecular flexibility index (Phi) is 5.33. The Balaban J connectivity index is 1.92. The molecule has 2 aromatic rings. The molecule has 9 heteroatoms. The van der Waals surface area contributed by atoms with Crippen LogP contribution >= 0.6 is 0 Å². The maximum atomic E-state index is 14.4. The molecule has 2 N–H and O–H groups in total. The van der Waals surface area contributed by atoms with Crippen molar-refractivity contribution in [2.45, 2.75) is 12.8 Å². The first kappa shape index (κ1) is 20.4. The fourth-order valence-electron chi connectivity index (χ4n) is 3.46. The van der Waals surface area contributed by atoms with E-state index in [0.717, 1.165) is 0 Å². The van der Waals surface area contributed by atoms with Gasteiger partial charge in [-0.3, -0.25) is 4.79 Å². The monoisotopic (exact) mass is 426 g/mol. The van der Waals surface area contributed by atoms with Gasteiger partial charge in [-0.2, -0.15) is 18.3 Å². The van der Waals surface area contributed by atoms with Crippen LogP contribution in [-0.4, -0.2) is 28.1 Å². The molecular formula is C22H17F3N4O2. The number of aromatic nitrogens is 3. The van der Waals surface area contributed by atoms with Crippen LogP contribution in [0, 0.1) is 0 Å². The molecule has 0 saturated heterocycles. The average Bonchev–Trinajstić information content (AvgIpc) is 3.25. The lowest BCUT2D eigenvalue weighted by Gasteiger charge is -2.21. The number of carbonyl (C=O) groups is 1. The zero-order valence-corrected chi connectivity index (χ0v) is 16.3. The van der Waals surface area contributed by atoms with E-state index < -0.39 is 24.3 Å². The van der Waals surface area contributed by atoms with Gasteiger partial charge in [0.15, 0.2) is 5.82 Å². The van der Waals surface area contributed by atoms with E-state index in [2.05, 4.69) is 20.5 Å². The molecule has 6 nitrogen and oxygen atoms in total. The molecule has 0 unspecified atom stereocenters. The molecule has 0 saturated carbocycles. The average molecular weight is 426 g/mol. The van der Waals surface area contributed by atoms with Crippen LogP contribution in [0.2, 0.25) is 0 Å². The molecule has 0 aliphatic carbocycles. The number of benzene rings is 2. The van der Waals surface area contributed by atoms with E-state index in [1.807, 2.05) is 0 Å². The molecular weight excluding hydrogens is 409 g/mol. The number of hydrogen-bond acceptors (Lipinski definition) is 4. The Bertz CT molecular complexity index is 1190. The summed E-state index contributed by atoms with van der Waals surface area (Å²) < 4.78 is 48.7. The molecule has 1 amide bonds. The third-order valence-corrected chi connectivity index (χ3v) is 4.84. The summed E-state index contributed by atoms with van der Waals surface area (Å²) in [4.78, 5) is 15.2. The van der Waals surface area contributed by atoms with Crippen molar-refractivity contribution in [3.05, 3.63) is 77.6 Å². The van der Waals surface area contributed by atoms with E-state index in [1.165, 1.54) is 37.6 Å². The summed E-state index contributed by atoms with van der Waals surface area (Å²) in [7, 11) is 1.36. The summed E-state index contributed by atoms with van der Waals surface area (Å²) in [6.45, 7) is -0.435. The van der Waals surface area contributed by atoms with Crippen LogP contribution in [0.4, 0.5) is 13.2 Å². The highest BCUT2D eigenvalue weighted by atomic mass is 19.4. The van der Waals surface area contributed by atoms with Gasteiger partial charge in [0.05, 0.1) is 11.8 Å². The van der Waals surface area contributed by atoms with Gasteiger partial charge in [0.25, 0.3) is 5.91 Å². The zero-order chi connectivity index (χ0) is 22.0. The number of aromatic amines is 1. The number of ether oxygens (including phenoxy) is 1. The van der Waals surface area contributed by atoms with Crippen molar-refractivity contribution in [2.24, 2.45) is 0 Å². The minimum atomic E-state index is -4.74. The van der Waals surface area contributed by atoms with Crippen LogP contribution in [0.15, 0.2) is 60.9 Å². The molecule has 0 aromatic heterocycles. The number of halogens is 3.